The lowest BCUT2D eigenvalue weighted by molar-refractivity contribution is 0.570. The molecule has 4 rings (SSSR count). The highest BCUT2D eigenvalue weighted by Crippen LogP contribution is 2.23. The van der Waals surface area contributed by atoms with Gasteiger partial charge in [-0.25, -0.2) is 4.98 Å². The Morgan fingerprint density at radius 3 is 2.41 bits per heavy atom. The molecule has 22 heavy (non-hydrogen) atoms. The fourth-order valence-corrected chi connectivity index (χ4v) is 2.31. The molecule has 0 aliphatic rings. The van der Waals surface area contributed by atoms with Crippen LogP contribution in [0.2, 0.25) is 0 Å². The van der Waals surface area contributed by atoms with E-state index in [0.29, 0.717) is 5.89 Å². The summed E-state index contributed by atoms with van der Waals surface area (Å²) in [7, 11) is 0. The van der Waals surface area contributed by atoms with Crippen LogP contribution in [0.5, 0.6) is 0 Å². The molecule has 0 bridgehead atoms. The van der Waals surface area contributed by atoms with Gasteiger partial charge < -0.3 is 8.83 Å². The first-order valence-electron chi connectivity index (χ1n) is 7.07. The van der Waals surface area contributed by atoms with Gasteiger partial charge >= 0.3 is 0 Å². The summed E-state index contributed by atoms with van der Waals surface area (Å²) in [4.78, 5) is 4.40. The van der Waals surface area contributed by atoms with E-state index in [0.717, 1.165) is 28.2 Å². The maximum Gasteiger partial charge on any atom is 0.220 e. The van der Waals surface area contributed by atoms with E-state index in [1.54, 1.807) is 0 Å². The molecule has 2 aromatic heterocycles. The molecule has 0 saturated carbocycles. The van der Waals surface area contributed by atoms with Crippen LogP contribution >= 0.6 is 0 Å². The third-order valence-corrected chi connectivity index (χ3v) is 3.39. The second-order valence-corrected chi connectivity index (χ2v) is 4.92. The lowest BCUT2D eigenvalue weighted by Crippen LogP contribution is -1.71. The highest BCUT2D eigenvalue weighted by Gasteiger charge is 2.04. The highest BCUT2D eigenvalue weighted by molar-refractivity contribution is 5.75. The molecule has 3 heteroatoms. The molecule has 0 aliphatic carbocycles. The molecular formula is C19H13NO2. The van der Waals surface area contributed by atoms with Gasteiger partial charge in [-0.3, -0.25) is 0 Å². The first kappa shape index (κ1) is 12.7. The van der Waals surface area contributed by atoms with Gasteiger partial charge in [0.1, 0.15) is 17.0 Å². The van der Waals surface area contributed by atoms with Crippen LogP contribution < -0.4 is 0 Å². The zero-order valence-corrected chi connectivity index (χ0v) is 11.8. The maximum atomic E-state index is 5.81. The fourth-order valence-electron chi connectivity index (χ4n) is 2.31. The third kappa shape index (κ3) is 2.44. The van der Waals surface area contributed by atoms with E-state index in [2.05, 4.69) is 4.98 Å². The minimum atomic E-state index is 0.568. The Labute approximate surface area is 127 Å². The van der Waals surface area contributed by atoms with Crippen molar-refractivity contribution in [1.29, 1.82) is 0 Å². The van der Waals surface area contributed by atoms with Crippen molar-refractivity contribution in [3.05, 3.63) is 78.4 Å². The molecule has 2 aromatic carbocycles. The molecular weight excluding hydrogens is 274 g/mol. The average molecular weight is 287 g/mol. The third-order valence-electron chi connectivity index (χ3n) is 3.39. The molecule has 0 spiro atoms. The van der Waals surface area contributed by atoms with Gasteiger partial charge in [-0.15, -0.1) is 0 Å². The van der Waals surface area contributed by atoms with E-state index in [1.165, 1.54) is 0 Å². The molecule has 4 aromatic rings. The quantitative estimate of drug-likeness (QED) is 0.516. The summed E-state index contributed by atoms with van der Waals surface area (Å²) in [6.45, 7) is 0. The van der Waals surface area contributed by atoms with Gasteiger partial charge in [-0.05, 0) is 30.3 Å². The number of aromatic nitrogens is 1. The first-order chi connectivity index (χ1) is 10.9. The topological polar surface area (TPSA) is 39.2 Å². The summed E-state index contributed by atoms with van der Waals surface area (Å²) in [5, 5.41) is 0. The zero-order chi connectivity index (χ0) is 14.8. The highest BCUT2D eigenvalue weighted by atomic mass is 16.3. The van der Waals surface area contributed by atoms with Gasteiger partial charge in [0.2, 0.25) is 5.89 Å². The van der Waals surface area contributed by atoms with Gasteiger partial charge in [-0.2, -0.15) is 0 Å². The Hall–Kier alpha value is -3.07. The number of hydrogen-bond donors (Lipinski definition) is 0. The number of fused-ring (bicyclic) bond motifs is 1. The van der Waals surface area contributed by atoms with Crippen molar-refractivity contribution in [2.45, 2.75) is 0 Å². The minimum absolute atomic E-state index is 0.568. The average Bonchev–Trinajstić information content (AvgIpc) is 3.20. The van der Waals surface area contributed by atoms with E-state index in [9.17, 15) is 0 Å². The predicted octanol–water partition coefficient (Wildman–Crippen LogP) is 5.26. The van der Waals surface area contributed by atoms with Gasteiger partial charge in [0, 0.05) is 11.6 Å². The van der Waals surface area contributed by atoms with Crippen LogP contribution in [0, 0.1) is 0 Å². The number of furan rings is 1. The summed E-state index contributed by atoms with van der Waals surface area (Å²) in [5.74, 6) is 2.18. The number of para-hydroxylation sites is 2. The number of nitrogens with zero attached hydrogens (tertiary/aromatic N) is 1. The maximum absolute atomic E-state index is 5.81. The van der Waals surface area contributed by atoms with Crippen LogP contribution in [0.1, 0.15) is 11.7 Å². The first-order valence-corrected chi connectivity index (χ1v) is 7.07. The van der Waals surface area contributed by atoms with Crippen LogP contribution in [0.3, 0.4) is 0 Å². The minimum Gasteiger partial charge on any atom is -0.457 e. The van der Waals surface area contributed by atoms with Crippen LogP contribution in [0.25, 0.3) is 34.6 Å². The summed E-state index contributed by atoms with van der Waals surface area (Å²) in [6.07, 6.45) is 3.67. The molecule has 106 valence electrons. The van der Waals surface area contributed by atoms with Gasteiger partial charge in [-0.1, -0.05) is 42.5 Å². The molecule has 0 saturated heterocycles. The van der Waals surface area contributed by atoms with E-state index < -0.39 is 0 Å². The molecule has 0 N–H and O–H groups in total. The van der Waals surface area contributed by atoms with Crippen LogP contribution in [0.15, 0.2) is 75.6 Å². The number of oxazole rings is 1. The molecule has 3 nitrogen and oxygen atoms in total. The smallest absolute Gasteiger partial charge is 0.220 e. The van der Waals surface area contributed by atoms with Crippen molar-refractivity contribution in [1.82, 2.24) is 4.98 Å². The predicted molar refractivity (Wildman–Crippen MR) is 87.1 cm³/mol. The number of hydrogen-bond acceptors (Lipinski definition) is 3. The number of benzene rings is 2. The number of rotatable bonds is 3. The Morgan fingerprint density at radius 1 is 0.727 bits per heavy atom. The summed E-state index contributed by atoms with van der Waals surface area (Å²) in [6, 6.07) is 21.6. The summed E-state index contributed by atoms with van der Waals surface area (Å²) < 4.78 is 11.5. The lowest BCUT2D eigenvalue weighted by atomic mass is 10.2. The Kier molecular flexibility index (Phi) is 3.09. The monoisotopic (exact) mass is 287 g/mol. The van der Waals surface area contributed by atoms with Crippen molar-refractivity contribution in [2.75, 3.05) is 0 Å². The van der Waals surface area contributed by atoms with E-state index >= 15 is 0 Å². The van der Waals surface area contributed by atoms with E-state index in [4.69, 9.17) is 8.83 Å². The Bertz CT molecular complexity index is 899. The Morgan fingerprint density at radius 2 is 1.55 bits per heavy atom. The van der Waals surface area contributed by atoms with Gasteiger partial charge in [0.25, 0.3) is 0 Å². The summed E-state index contributed by atoms with van der Waals surface area (Å²) >= 11 is 0. The van der Waals surface area contributed by atoms with Crippen LogP contribution in [-0.4, -0.2) is 4.98 Å². The SMILES string of the molecule is C(=C\c1nc2ccccc2o1)/c1ccc(-c2ccccc2)o1. The van der Waals surface area contributed by atoms with Crippen LogP contribution in [0.4, 0.5) is 0 Å². The standard InChI is InChI=1S/C19H13NO2/c1-2-6-14(7-3-1)17-12-10-15(21-17)11-13-19-20-16-8-4-5-9-18(16)22-19/h1-13H/b13-11+. The molecule has 0 aliphatic heterocycles. The Balaban J connectivity index is 1.59. The van der Waals surface area contributed by atoms with Crippen LogP contribution in [-0.2, 0) is 0 Å². The van der Waals surface area contributed by atoms with E-state index in [-0.39, 0.29) is 0 Å². The van der Waals surface area contributed by atoms with E-state index in [1.807, 2.05) is 78.9 Å². The van der Waals surface area contributed by atoms with Crippen molar-refractivity contribution < 1.29 is 8.83 Å². The van der Waals surface area contributed by atoms with Gasteiger partial charge in [0.05, 0.1) is 0 Å². The van der Waals surface area contributed by atoms with Crippen molar-refractivity contribution in [2.24, 2.45) is 0 Å². The largest absolute Gasteiger partial charge is 0.457 e. The molecule has 0 atom stereocenters. The molecule has 0 unspecified atom stereocenters. The molecule has 0 radical (unpaired) electrons. The fraction of sp³-hybridized carbons (Fsp3) is 0. The lowest BCUT2D eigenvalue weighted by Gasteiger charge is -1.94. The second-order valence-electron chi connectivity index (χ2n) is 4.92. The molecule has 2 heterocycles. The van der Waals surface area contributed by atoms with Crippen molar-refractivity contribution in [3.63, 3.8) is 0 Å². The normalized spacial score (nSPS) is 11.5. The van der Waals surface area contributed by atoms with Gasteiger partial charge in [0.15, 0.2) is 5.58 Å². The van der Waals surface area contributed by atoms with Crippen molar-refractivity contribution in [3.8, 4) is 11.3 Å². The molecule has 0 fully saturated rings. The van der Waals surface area contributed by atoms with Crippen molar-refractivity contribution >= 4 is 23.3 Å². The second kappa shape index (κ2) is 5.37. The summed E-state index contributed by atoms with van der Waals surface area (Å²) in [5.41, 5.74) is 2.70. The zero-order valence-electron chi connectivity index (χ0n) is 11.8. The molecule has 0 amide bonds.